The van der Waals surface area contributed by atoms with E-state index in [9.17, 15) is 9.59 Å². The summed E-state index contributed by atoms with van der Waals surface area (Å²) in [6.45, 7) is 3.42. The van der Waals surface area contributed by atoms with Crippen molar-refractivity contribution >= 4 is 28.4 Å². The number of anilines is 1. The number of carbonyl (C=O) groups is 2. The molecule has 1 heterocycles. The van der Waals surface area contributed by atoms with Crippen LogP contribution in [0, 0.1) is 13.8 Å². The molecule has 19 heavy (non-hydrogen) atoms. The maximum absolute atomic E-state index is 12.1. The molecule has 2 aromatic rings. The second kappa shape index (κ2) is 5.19. The SMILES string of the molecule is Cc1ccccc1C(=O)Nc1snc(C)c1C(=O)O. The van der Waals surface area contributed by atoms with Gasteiger partial charge in [0.25, 0.3) is 5.91 Å². The van der Waals surface area contributed by atoms with E-state index in [0.717, 1.165) is 17.1 Å². The van der Waals surface area contributed by atoms with Crippen molar-refractivity contribution in [3.05, 3.63) is 46.6 Å². The number of aromatic nitrogens is 1. The minimum atomic E-state index is -1.09. The van der Waals surface area contributed by atoms with Gasteiger partial charge in [0.05, 0.1) is 5.69 Å². The van der Waals surface area contributed by atoms with E-state index in [-0.39, 0.29) is 16.5 Å². The molecule has 0 radical (unpaired) electrons. The number of aromatic carboxylic acids is 1. The summed E-state index contributed by atoms with van der Waals surface area (Å²) >= 11 is 0.971. The Hall–Kier alpha value is -2.21. The van der Waals surface area contributed by atoms with Crippen LogP contribution in [0.5, 0.6) is 0 Å². The highest BCUT2D eigenvalue weighted by molar-refractivity contribution is 7.11. The molecule has 0 bridgehead atoms. The molecule has 0 fully saturated rings. The maximum Gasteiger partial charge on any atom is 0.340 e. The predicted molar refractivity (Wildman–Crippen MR) is 72.9 cm³/mol. The highest BCUT2D eigenvalue weighted by Gasteiger charge is 2.20. The Balaban J connectivity index is 2.30. The summed E-state index contributed by atoms with van der Waals surface area (Å²) < 4.78 is 3.95. The monoisotopic (exact) mass is 276 g/mol. The molecule has 2 N–H and O–H groups in total. The van der Waals surface area contributed by atoms with Crippen LogP contribution in [0.3, 0.4) is 0 Å². The number of aryl methyl sites for hydroxylation is 2. The summed E-state index contributed by atoms with van der Waals surface area (Å²) in [6.07, 6.45) is 0. The Morgan fingerprint density at radius 2 is 1.95 bits per heavy atom. The summed E-state index contributed by atoms with van der Waals surface area (Å²) in [5.74, 6) is -1.42. The van der Waals surface area contributed by atoms with Crippen LogP contribution < -0.4 is 5.32 Å². The zero-order valence-electron chi connectivity index (χ0n) is 10.4. The van der Waals surface area contributed by atoms with Crippen molar-refractivity contribution in [3.63, 3.8) is 0 Å². The molecule has 98 valence electrons. The standard InChI is InChI=1S/C13H12N2O3S/c1-7-5-3-4-6-9(7)11(16)14-12-10(13(17)18)8(2)15-19-12/h3-6H,1-2H3,(H,14,16)(H,17,18). The second-order valence-electron chi connectivity index (χ2n) is 4.05. The van der Waals surface area contributed by atoms with Gasteiger partial charge in [-0.25, -0.2) is 4.79 Å². The first kappa shape index (κ1) is 13.2. The summed E-state index contributed by atoms with van der Waals surface area (Å²) in [5, 5.41) is 12.0. The third-order valence-corrected chi connectivity index (χ3v) is 3.55. The van der Waals surface area contributed by atoms with Gasteiger partial charge in [0.1, 0.15) is 10.6 Å². The zero-order valence-corrected chi connectivity index (χ0v) is 11.2. The van der Waals surface area contributed by atoms with Crippen molar-refractivity contribution in [1.29, 1.82) is 0 Å². The number of hydrogen-bond donors (Lipinski definition) is 2. The first-order valence-corrected chi connectivity index (χ1v) is 6.34. The fourth-order valence-electron chi connectivity index (χ4n) is 1.71. The van der Waals surface area contributed by atoms with E-state index in [1.807, 2.05) is 19.1 Å². The summed E-state index contributed by atoms with van der Waals surface area (Å²) in [6, 6.07) is 7.12. The number of carbonyl (C=O) groups excluding carboxylic acids is 1. The quantitative estimate of drug-likeness (QED) is 0.903. The fourth-order valence-corrected chi connectivity index (χ4v) is 2.49. The molecule has 1 aromatic heterocycles. The van der Waals surface area contributed by atoms with Crippen LogP contribution in [0.15, 0.2) is 24.3 Å². The molecule has 1 amide bonds. The van der Waals surface area contributed by atoms with Crippen LogP contribution in [-0.4, -0.2) is 21.4 Å². The minimum absolute atomic E-state index is 0.0481. The molecule has 2 rings (SSSR count). The second-order valence-corrected chi connectivity index (χ2v) is 4.82. The summed E-state index contributed by atoms with van der Waals surface area (Å²) in [4.78, 5) is 23.2. The van der Waals surface area contributed by atoms with Crippen LogP contribution in [0.1, 0.15) is 32.0 Å². The van der Waals surface area contributed by atoms with Gasteiger partial charge in [0, 0.05) is 5.56 Å². The van der Waals surface area contributed by atoms with Gasteiger partial charge in [-0.3, -0.25) is 4.79 Å². The van der Waals surface area contributed by atoms with Gasteiger partial charge in [0.2, 0.25) is 0 Å². The first-order valence-electron chi connectivity index (χ1n) is 5.57. The molecular weight excluding hydrogens is 264 g/mol. The maximum atomic E-state index is 12.1. The van der Waals surface area contributed by atoms with Crippen LogP contribution in [0.4, 0.5) is 5.00 Å². The molecule has 0 spiro atoms. The number of hydrogen-bond acceptors (Lipinski definition) is 4. The topological polar surface area (TPSA) is 79.3 Å². The number of carboxylic acids is 1. The van der Waals surface area contributed by atoms with Crippen LogP contribution in [0.2, 0.25) is 0 Å². The van der Waals surface area contributed by atoms with Gasteiger partial charge < -0.3 is 10.4 Å². The van der Waals surface area contributed by atoms with Gasteiger partial charge in [-0.15, -0.1) is 0 Å². The van der Waals surface area contributed by atoms with Gasteiger partial charge in [-0.1, -0.05) is 18.2 Å². The third-order valence-electron chi connectivity index (χ3n) is 2.69. The number of rotatable bonds is 3. The molecular formula is C13H12N2O3S. The molecule has 0 aliphatic rings. The molecule has 0 aliphatic heterocycles. The van der Waals surface area contributed by atoms with Crippen molar-refractivity contribution < 1.29 is 14.7 Å². The zero-order chi connectivity index (χ0) is 14.0. The lowest BCUT2D eigenvalue weighted by Crippen LogP contribution is -2.14. The normalized spacial score (nSPS) is 10.2. The van der Waals surface area contributed by atoms with Crippen LogP contribution in [-0.2, 0) is 0 Å². The highest BCUT2D eigenvalue weighted by Crippen LogP contribution is 2.25. The lowest BCUT2D eigenvalue weighted by Gasteiger charge is -2.06. The molecule has 0 saturated heterocycles. The third kappa shape index (κ3) is 2.63. The summed E-state index contributed by atoms with van der Waals surface area (Å²) in [5.41, 5.74) is 1.80. The molecule has 6 heteroatoms. The molecule has 0 aliphatic carbocycles. The van der Waals surface area contributed by atoms with Crippen LogP contribution in [0.25, 0.3) is 0 Å². The fraction of sp³-hybridized carbons (Fsp3) is 0.154. The van der Waals surface area contributed by atoms with Gasteiger partial charge in [-0.05, 0) is 37.0 Å². The Bertz CT molecular complexity index is 649. The summed E-state index contributed by atoms with van der Waals surface area (Å²) in [7, 11) is 0. The smallest absolute Gasteiger partial charge is 0.340 e. The van der Waals surface area contributed by atoms with Crippen molar-refractivity contribution in [2.75, 3.05) is 5.32 Å². The molecule has 0 saturated carbocycles. The number of nitrogens with zero attached hydrogens (tertiary/aromatic N) is 1. The van der Waals surface area contributed by atoms with E-state index in [1.54, 1.807) is 19.1 Å². The van der Waals surface area contributed by atoms with Gasteiger partial charge in [-0.2, -0.15) is 4.37 Å². The Labute approximate surface area is 114 Å². The molecule has 0 unspecified atom stereocenters. The van der Waals surface area contributed by atoms with E-state index >= 15 is 0 Å². The van der Waals surface area contributed by atoms with E-state index < -0.39 is 5.97 Å². The van der Waals surface area contributed by atoms with E-state index in [1.165, 1.54) is 0 Å². The largest absolute Gasteiger partial charge is 0.478 e. The predicted octanol–water partition coefficient (Wildman–Crippen LogP) is 2.71. The average molecular weight is 276 g/mol. The average Bonchev–Trinajstić information content (AvgIpc) is 2.70. The van der Waals surface area contributed by atoms with Gasteiger partial charge in [0.15, 0.2) is 0 Å². The van der Waals surface area contributed by atoms with E-state index in [4.69, 9.17) is 5.11 Å². The van der Waals surface area contributed by atoms with E-state index in [2.05, 4.69) is 9.69 Å². The van der Waals surface area contributed by atoms with Crippen molar-refractivity contribution in [1.82, 2.24) is 4.37 Å². The minimum Gasteiger partial charge on any atom is -0.478 e. The number of carboxylic acid groups (broad SMARTS) is 1. The lowest BCUT2D eigenvalue weighted by molar-refractivity contribution is 0.0697. The van der Waals surface area contributed by atoms with Crippen molar-refractivity contribution in [2.45, 2.75) is 13.8 Å². The molecule has 0 atom stereocenters. The number of amides is 1. The first-order chi connectivity index (χ1) is 9.00. The number of nitrogens with one attached hydrogen (secondary N) is 1. The lowest BCUT2D eigenvalue weighted by atomic mass is 10.1. The van der Waals surface area contributed by atoms with Crippen molar-refractivity contribution in [3.8, 4) is 0 Å². The van der Waals surface area contributed by atoms with E-state index in [0.29, 0.717) is 11.3 Å². The Morgan fingerprint density at radius 1 is 1.26 bits per heavy atom. The molecule has 1 aromatic carbocycles. The highest BCUT2D eigenvalue weighted by atomic mass is 32.1. The Morgan fingerprint density at radius 3 is 2.58 bits per heavy atom. The van der Waals surface area contributed by atoms with Gasteiger partial charge >= 0.3 is 5.97 Å². The molecule has 5 nitrogen and oxygen atoms in total. The van der Waals surface area contributed by atoms with Crippen LogP contribution >= 0.6 is 11.5 Å². The number of benzene rings is 1. The Kier molecular flexibility index (Phi) is 3.62. The van der Waals surface area contributed by atoms with Crippen molar-refractivity contribution in [2.24, 2.45) is 0 Å².